The quantitative estimate of drug-likeness (QED) is 0.519. The van der Waals surface area contributed by atoms with Crippen molar-refractivity contribution in [1.29, 1.82) is 0 Å². The highest BCUT2D eigenvalue weighted by molar-refractivity contribution is 7.79. The minimum atomic E-state index is -1.92. The molecule has 0 heterocycles. The molecule has 0 bridgehead atoms. The first kappa shape index (κ1) is 19.1. The summed E-state index contributed by atoms with van der Waals surface area (Å²) < 4.78 is 20.2. The minimum Gasteiger partial charge on any atom is -0.302 e. The summed E-state index contributed by atoms with van der Waals surface area (Å²) in [6.45, 7) is 11.5. The van der Waals surface area contributed by atoms with Crippen LogP contribution < -0.4 is 0 Å². The molecule has 1 unspecified atom stereocenters. The minimum absolute atomic E-state index is 0.202. The van der Waals surface area contributed by atoms with Crippen molar-refractivity contribution >= 4 is 22.7 Å². The van der Waals surface area contributed by atoms with Crippen LogP contribution in [0, 0.1) is 0 Å². The van der Waals surface area contributed by atoms with Gasteiger partial charge < -0.3 is 4.55 Å². The van der Waals surface area contributed by atoms with Gasteiger partial charge in [0.1, 0.15) is 0 Å². The molecule has 3 heteroatoms. The summed E-state index contributed by atoms with van der Waals surface area (Å²) >= 11 is -1.92. The molecule has 1 atom stereocenters. The van der Waals surface area contributed by atoms with Gasteiger partial charge in [0.05, 0.1) is 4.90 Å². The molecule has 1 aliphatic rings. The Morgan fingerprint density at radius 1 is 0.962 bits per heavy atom. The molecule has 0 radical (unpaired) electrons. The van der Waals surface area contributed by atoms with Gasteiger partial charge >= 0.3 is 0 Å². The van der Waals surface area contributed by atoms with E-state index in [0.717, 1.165) is 5.56 Å². The smallest absolute Gasteiger partial charge is 0.186 e. The topological polar surface area (TPSA) is 37.3 Å². The highest BCUT2D eigenvalue weighted by atomic mass is 32.2. The molecule has 2 nitrogen and oxygen atoms in total. The first-order chi connectivity index (χ1) is 12.1. The standard InChI is InChI=1S/C23H28O2S/c1-16(14-17-6-9-19(10-7-17)26(24)25)18-8-11-20-21(15-18)23(4,5)13-12-22(20,2)3/h6-11,14-15H,12-13H2,1-5H3,(H,24,25). The van der Waals surface area contributed by atoms with Gasteiger partial charge in [-0.25, -0.2) is 4.21 Å². The number of rotatable bonds is 3. The van der Waals surface area contributed by atoms with Gasteiger partial charge in [-0.15, -0.1) is 0 Å². The summed E-state index contributed by atoms with van der Waals surface area (Å²) in [6.07, 6.45) is 4.56. The van der Waals surface area contributed by atoms with E-state index >= 15 is 0 Å². The second kappa shape index (κ2) is 6.79. The van der Waals surface area contributed by atoms with Gasteiger partial charge in [0.2, 0.25) is 0 Å². The van der Waals surface area contributed by atoms with Crippen molar-refractivity contribution < 1.29 is 8.76 Å². The van der Waals surface area contributed by atoms with Crippen LogP contribution in [0.25, 0.3) is 11.6 Å². The van der Waals surface area contributed by atoms with E-state index < -0.39 is 11.1 Å². The number of hydrogen-bond acceptors (Lipinski definition) is 1. The van der Waals surface area contributed by atoms with Crippen LogP contribution in [0.15, 0.2) is 47.4 Å². The van der Waals surface area contributed by atoms with E-state index in [1.54, 1.807) is 12.1 Å². The van der Waals surface area contributed by atoms with Gasteiger partial charge in [-0.05, 0) is 70.6 Å². The van der Waals surface area contributed by atoms with Gasteiger partial charge in [0.25, 0.3) is 0 Å². The maximum atomic E-state index is 11.1. The molecular weight excluding hydrogens is 340 g/mol. The van der Waals surface area contributed by atoms with Crippen LogP contribution in [0.4, 0.5) is 0 Å². The molecule has 2 aromatic carbocycles. The number of fused-ring (bicyclic) bond motifs is 1. The molecule has 1 N–H and O–H groups in total. The van der Waals surface area contributed by atoms with E-state index in [-0.39, 0.29) is 10.8 Å². The van der Waals surface area contributed by atoms with Crippen LogP contribution in [0.3, 0.4) is 0 Å². The molecule has 0 aromatic heterocycles. The highest BCUT2D eigenvalue weighted by Gasteiger charge is 2.36. The number of hydrogen-bond donors (Lipinski definition) is 1. The lowest BCUT2D eigenvalue weighted by Crippen LogP contribution is -2.33. The van der Waals surface area contributed by atoms with Crippen molar-refractivity contribution in [2.45, 2.75) is 63.2 Å². The molecule has 26 heavy (non-hydrogen) atoms. The lowest BCUT2D eigenvalue weighted by Gasteiger charge is -2.42. The van der Waals surface area contributed by atoms with E-state index in [1.165, 1.54) is 35.1 Å². The van der Waals surface area contributed by atoms with Gasteiger partial charge in [-0.1, -0.05) is 64.1 Å². The first-order valence-electron chi connectivity index (χ1n) is 9.15. The third-order valence-electron chi connectivity index (χ3n) is 5.77. The van der Waals surface area contributed by atoms with Gasteiger partial charge in [-0.2, -0.15) is 0 Å². The van der Waals surface area contributed by atoms with Crippen LogP contribution in [-0.4, -0.2) is 8.76 Å². The van der Waals surface area contributed by atoms with Gasteiger partial charge in [0, 0.05) is 0 Å². The van der Waals surface area contributed by atoms with Crippen LogP contribution in [0.2, 0.25) is 0 Å². The fraction of sp³-hybridized carbons (Fsp3) is 0.391. The Kier molecular flexibility index (Phi) is 4.98. The highest BCUT2D eigenvalue weighted by Crippen LogP contribution is 2.46. The van der Waals surface area contributed by atoms with Crippen LogP contribution in [-0.2, 0) is 21.9 Å². The molecule has 138 valence electrons. The second-order valence-electron chi connectivity index (χ2n) is 8.67. The maximum absolute atomic E-state index is 11.1. The molecule has 3 rings (SSSR count). The largest absolute Gasteiger partial charge is 0.302 e. The van der Waals surface area contributed by atoms with Crippen LogP contribution in [0.5, 0.6) is 0 Å². The third-order valence-corrected chi connectivity index (χ3v) is 6.45. The van der Waals surface area contributed by atoms with Crippen LogP contribution >= 0.6 is 0 Å². The Morgan fingerprint density at radius 2 is 1.54 bits per heavy atom. The molecule has 0 spiro atoms. The second-order valence-corrected chi connectivity index (χ2v) is 9.64. The Bertz CT molecular complexity index is 874. The molecule has 1 aliphatic carbocycles. The van der Waals surface area contributed by atoms with E-state index in [4.69, 9.17) is 4.55 Å². The molecule has 0 saturated heterocycles. The van der Waals surface area contributed by atoms with E-state index in [1.807, 2.05) is 12.1 Å². The predicted octanol–water partition coefficient (Wildman–Crippen LogP) is 6.18. The zero-order valence-electron chi connectivity index (χ0n) is 16.3. The maximum Gasteiger partial charge on any atom is 0.186 e. The van der Waals surface area contributed by atoms with Crippen molar-refractivity contribution in [1.82, 2.24) is 0 Å². The molecule has 0 amide bonds. The van der Waals surface area contributed by atoms with Crippen molar-refractivity contribution in [3.8, 4) is 0 Å². The average molecular weight is 369 g/mol. The lowest BCUT2D eigenvalue weighted by atomic mass is 9.63. The summed E-state index contributed by atoms with van der Waals surface area (Å²) in [4.78, 5) is 0.428. The van der Waals surface area contributed by atoms with Gasteiger partial charge in [0.15, 0.2) is 11.1 Å². The fourth-order valence-corrected chi connectivity index (χ4v) is 4.22. The zero-order chi connectivity index (χ0) is 19.1. The third kappa shape index (κ3) is 3.70. The molecular formula is C23H28O2S. The Morgan fingerprint density at radius 3 is 2.12 bits per heavy atom. The first-order valence-corrected chi connectivity index (χ1v) is 10.3. The normalized spacial score (nSPS) is 19.7. The van der Waals surface area contributed by atoms with Gasteiger partial charge in [-0.3, -0.25) is 0 Å². The summed E-state index contributed by atoms with van der Waals surface area (Å²) in [5.74, 6) is 0. The zero-order valence-corrected chi connectivity index (χ0v) is 17.1. The molecule has 0 fully saturated rings. The molecule has 0 aliphatic heterocycles. The van der Waals surface area contributed by atoms with Crippen molar-refractivity contribution in [3.05, 3.63) is 64.7 Å². The van der Waals surface area contributed by atoms with E-state index in [9.17, 15) is 4.21 Å². The molecule has 0 saturated carbocycles. The van der Waals surface area contributed by atoms with Crippen molar-refractivity contribution in [2.24, 2.45) is 0 Å². The average Bonchev–Trinajstić information content (AvgIpc) is 2.59. The van der Waals surface area contributed by atoms with Crippen LogP contribution in [0.1, 0.15) is 69.7 Å². The van der Waals surface area contributed by atoms with E-state index in [0.29, 0.717) is 4.90 Å². The van der Waals surface area contributed by atoms with Crippen molar-refractivity contribution in [3.63, 3.8) is 0 Å². The number of benzene rings is 2. The lowest BCUT2D eigenvalue weighted by molar-refractivity contribution is 0.332. The Hall–Kier alpha value is -1.71. The number of allylic oxidation sites excluding steroid dienone is 1. The Labute approximate surface area is 159 Å². The summed E-state index contributed by atoms with van der Waals surface area (Å²) in [6, 6.07) is 14.1. The SMILES string of the molecule is CC(=Cc1ccc(S(=O)O)cc1)c1ccc2c(c1)C(C)(C)CCC2(C)C. The fourth-order valence-electron chi connectivity index (χ4n) is 3.85. The summed E-state index contributed by atoms with van der Waals surface area (Å²) in [5, 5.41) is 0. The van der Waals surface area contributed by atoms with E-state index in [2.05, 4.69) is 58.9 Å². The molecule has 2 aromatic rings. The predicted molar refractivity (Wildman–Crippen MR) is 111 cm³/mol. The Balaban J connectivity index is 1.98. The van der Waals surface area contributed by atoms with Crippen molar-refractivity contribution in [2.75, 3.05) is 0 Å². The summed E-state index contributed by atoms with van der Waals surface area (Å²) in [7, 11) is 0. The monoisotopic (exact) mass is 368 g/mol. The summed E-state index contributed by atoms with van der Waals surface area (Å²) in [5.41, 5.74) is 6.85.